The Bertz CT molecular complexity index is 258. The molecule has 1 N–H and O–H groups in total. The van der Waals surface area contributed by atoms with Crippen LogP contribution < -0.4 is 5.32 Å². The van der Waals surface area contributed by atoms with Crippen LogP contribution in [0.15, 0.2) is 4.99 Å². The van der Waals surface area contributed by atoms with E-state index in [0.29, 0.717) is 10.9 Å². The molecule has 0 saturated heterocycles. The standard InChI is InChI=1S/C6H7N3O2S/c1-11-5(10)4-2-12-6(9-4)8-3-7/h4H,2H2,1H3,(H,8,9). The number of aliphatic imine (C=N–C) groups is 1. The first-order valence-electron chi connectivity index (χ1n) is 3.21. The third-order valence-electron chi connectivity index (χ3n) is 1.29. The van der Waals surface area contributed by atoms with Crippen molar-refractivity contribution in [2.24, 2.45) is 4.99 Å². The third kappa shape index (κ3) is 1.89. The Kier molecular flexibility index (Phi) is 2.94. The summed E-state index contributed by atoms with van der Waals surface area (Å²) >= 11 is 1.33. The molecule has 6 heteroatoms. The van der Waals surface area contributed by atoms with Crippen molar-refractivity contribution in [3.05, 3.63) is 0 Å². The number of nitrogens with zero attached hydrogens (tertiary/aromatic N) is 2. The number of methoxy groups -OCH3 is 1. The van der Waals surface area contributed by atoms with Crippen LogP contribution in [0, 0.1) is 11.5 Å². The topological polar surface area (TPSA) is 74.5 Å². The summed E-state index contributed by atoms with van der Waals surface area (Å²) in [4.78, 5) is 14.8. The molecule has 5 nitrogen and oxygen atoms in total. The van der Waals surface area contributed by atoms with Crippen molar-refractivity contribution in [3.8, 4) is 6.19 Å². The molecule has 0 radical (unpaired) electrons. The summed E-state index contributed by atoms with van der Waals surface area (Å²) in [6, 6.07) is -0.462. The van der Waals surface area contributed by atoms with E-state index in [2.05, 4.69) is 15.0 Å². The lowest BCUT2D eigenvalue weighted by Crippen LogP contribution is -2.20. The predicted octanol–water partition coefficient (Wildman–Crippen LogP) is -0.299. The van der Waals surface area contributed by atoms with Gasteiger partial charge < -0.3 is 4.74 Å². The Morgan fingerprint density at radius 1 is 2.00 bits per heavy atom. The number of rotatable bonds is 1. The van der Waals surface area contributed by atoms with Crippen molar-refractivity contribution in [1.29, 1.82) is 5.26 Å². The van der Waals surface area contributed by atoms with E-state index in [1.54, 1.807) is 6.19 Å². The molecule has 12 heavy (non-hydrogen) atoms. The minimum atomic E-state index is -0.462. The van der Waals surface area contributed by atoms with E-state index >= 15 is 0 Å². The largest absolute Gasteiger partial charge is 0.467 e. The third-order valence-corrected chi connectivity index (χ3v) is 2.25. The number of thioether (sulfide) groups is 1. The summed E-state index contributed by atoms with van der Waals surface area (Å²) in [5, 5.41) is 11.1. The van der Waals surface area contributed by atoms with Gasteiger partial charge >= 0.3 is 5.97 Å². The zero-order chi connectivity index (χ0) is 8.97. The van der Waals surface area contributed by atoms with Crippen molar-refractivity contribution in [3.63, 3.8) is 0 Å². The van der Waals surface area contributed by atoms with Crippen LogP contribution in [0.25, 0.3) is 0 Å². The van der Waals surface area contributed by atoms with Crippen molar-refractivity contribution in [2.75, 3.05) is 12.9 Å². The number of amidine groups is 1. The molecular weight excluding hydrogens is 178 g/mol. The number of ether oxygens (including phenoxy) is 1. The summed E-state index contributed by atoms with van der Waals surface area (Å²) in [6.45, 7) is 0. The van der Waals surface area contributed by atoms with Crippen molar-refractivity contribution < 1.29 is 9.53 Å². The fraction of sp³-hybridized carbons (Fsp3) is 0.500. The van der Waals surface area contributed by atoms with E-state index in [1.165, 1.54) is 18.9 Å². The number of nitriles is 1. The zero-order valence-corrected chi connectivity index (χ0v) is 7.22. The molecule has 0 saturated carbocycles. The molecule has 1 atom stereocenters. The van der Waals surface area contributed by atoms with Gasteiger partial charge in [-0.1, -0.05) is 11.8 Å². The zero-order valence-electron chi connectivity index (χ0n) is 6.40. The lowest BCUT2D eigenvalue weighted by molar-refractivity contribution is -0.141. The Morgan fingerprint density at radius 3 is 3.33 bits per heavy atom. The minimum Gasteiger partial charge on any atom is -0.467 e. The summed E-state index contributed by atoms with van der Waals surface area (Å²) < 4.78 is 4.49. The van der Waals surface area contributed by atoms with Crippen LogP contribution >= 0.6 is 11.8 Å². The highest BCUT2D eigenvalue weighted by Gasteiger charge is 2.25. The van der Waals surface area contributed by atoms with Gasteiger partial charge in [0.1, 0.15) is 0 Å². The van der Waals surface area contributed by atoms with Crippen LogP contribution in [0.5, 0.6) is 0 Å². The van der Waals surface area contributed by atoms with Crippen molar-refractivity contribution >= 4 is 22.9 Å². The molecule has 0 spiro atoms. The number of hydrogen-bond acceptors (Lipinski definition) is 6. The van der Waals surface area contributed by atoms with E-state index in [-0.39, 0.29) is 5.97 Å². The summed E-state index contributed by atoms with van der Waals surface area (Å²) in [6.07, 6.45) is 1.73. The lowest BCUT2D eigenvalue weighted by atomic mass is 10.4. The van der Waals surface area contributed by atoms with Gasteiger partial charge in [-0.15, -0.1) is 0 Å². The van der Waals surface area contributed by atoms with E-state index in [4.69, 9.17) is 5.26 Å². The summed E-state index contributed by atoms with van der Waals surface area (Å²) in [7, 11) is 1.32. The number of nitrogens with one attached hydrogen (secondary N) is 1. The molecule has 0 aromatic rings. The number of carbonyl (C=O) groups is 1. The van der Waals surface area contributed by atoms with Crippen LogP contribution in [0.1, 0.15) is 0 Å². The highest BCUT2D eigenvalue weighted by molar-refractivity contribution is 8.14. The van der Waals surface area contributed by atoms with Gasteiger partial charge in [-0.2, -0.15) is 5.26 Å². The number of carbonyl (C=O) groups excluding carboxylic acids is 1. The SMILES string of the molecule is COC(=O)C1CSC(NC#N)=N1. The van der Waals surface area contributed by atoms with Gasteiger partial charge in [-0.25, -0.2) is 9.79 Å². The van der Waals surface area contributed by atoms with E-state index in [9.17, 15) is 4.79 Å². The van der Waals surface area contributed by atoms with Crippen LogP contribution in [-0.4, -0.2) is 30.0 Å². The molecule has 1 unspecified atom stereocenters. The van der Waals surface area contributed by atoms with Crippen LogP contribution in [0.2, 0.25) is 0 Å². The molecule has 0 aromatic carbocycles. The van der Waals surface area contributed by atoms with Crippen molar-refractivity contribution in [2.45, 2.75) is 6.04 Å². The second-order valence-electron chi connectivity index (χ2n) is 2.02. The average Bonchev–Trinajstić information content (AvgIpc) is 2.52. The highest BCUT2D eigenvalue weighted by Crippen LogP contribution is 2.16. The van der Waals surface area contributed by atoms with E-state index in [0.717, 1.165) is 0 Å². The van der Waals surface area contributed by atoms with Gasteiger partial charge in [0.15, 0.2) is 17.4 Å². The fourth-order valence-electron chi connectivity index (χ4n) is 0.747. The normalized spacial score (nSPS) is 21.0. The minimum absolute atomic E-state index is 0.364. The first kappa shape index (κ1) is 8.87. The Balaban J connectivity index is 2.53. The second kappa shape index (κ2) is 3.97. The quantitative estimate of drug-likeness (QED) is 0.345. The van der Waals surface area contributed by atoms with Crippen LogP contribution in [-0.2, 0) is 9.53 Å². The molecular formula is C6H7N3O2S. The first-order valence-corrected chi connectivity index (χ1v) is 4.20. The molecule has 1 aliphatic rings. The molecule has 0 amide bonds. The predicted molar refractivity (Wildman–Crippen MR) is 44.4 cm³/mol. The average molecular weight is 185 g/mol. The van der Waals surface area contributed by atoms with Gasteiger partial charge in [-0.3, -0.25) is 5.32 Å². The molecule has 0 aliphatic carbocycles. The van der Waals surface area contributed by atoms with E-state index in [1.807, 2.05) is 0 Å². The highest BCUT2D eigenvalue weighted by atomic mass is 32.2. The van der Waals surface area contributed by atoms with Crippen LogP contribution in [0.3, 0.4) is 0 Å². The fourth-order valence-corrected chi connectivity index (χ4v) is 1.59. The van der Waals surface area contributed by atoms with E-state index < -0.39 is 6.04 Å². The first-order chi connectivity index (χ1) is 5.77. The van der Waals surface area contributed by atoms with Gasteiger partial charge in [0.2, 0.25) is 0 Å². The van der Waals surface area contributed by atoms with Crippen molar-refractivity contribution in [1.82, 2.24) is 5.32 Å². The van der Waals surface area contributed by atoms with Gasteiger partial charge in [0.25, 0.3) is 0 Å². The molecule has 0 fully saturated rings. The lowest BCUT2D eigenvalue weighted by Gasteiger charge is -2.00. The maximum absolute atomic E-state index is 10.9. The Labute approximate surface area is 73.8 Å². The molecule has 0 bridgehead atoms. The van der Waals surface area contributed by atoms with Gasteiger partial charge in [0.05, 0.1) is 7.11 Å². The maximum atomic E-state index is 10.9. The summed E-state index contributed by atoms with van der Waals surface area (Å²) in [5.74, 6) is 0.175. The Morgan fingerprint density at radius 2 is 2.75 bits per heavy atom. The molecule has 0 aromatic heterocycles. The molecule has 1 aliphatic heterocycles. The van der Waals surface area contributed by atoms with Gasteiger partial charge in [0, 0.05) is 5.75 Å². The summed E-state index contributed by atoms with van der Waals surface area (Å²) in [5.41, 5.74) is 0. The smallest absolute Gasteiger partial charge is 0.331 e. The number of hydrogen-bond donors (Lipinski definition) is 1. The number of esters is 1. The maximum Gasteiger partial charge on any atom is 0.331 e. The van der Waals surface area contributed by atoms with Crippen LogP contribution in [0.4, 0.5) is 0 Å². The molecule has 1 rings (SSSR count). The molecule has 64 valence electrons. The second-order valence-corrected chi connectivity index (χ2v) is 3.03. The monoisotopic (exact) mass is 185 g/mol. The Hall–Kier alpha value is -1.22. The van der Waals surface area contributed by atoms with Gasteiger partial charge in [-0.05, 0) is 0 Å². The molecule has 1 heterocycles.